The van der Waals surface area contributed by atoms with E-state index in [4.69, 9.17) is 5.73 Å². The Hall–Kier alpha value is -1.82. The van der Waals surface area contributed by atoms with Crippen molar-refractivity contribution in [3.05, 3.63) is 35.4 Å². The predicted octanol–water partition coefficient (Wildman–Crippen LogP) is 1.44. The monoisotopic (exact) mass is 223 g/mol. The summed E-state index contributed by atoms with van der Waals surface area (Å²) in [4.78, 5) is 18.2. The number of primary amides is 1. The Balaban J connectivity index is 2.46. The standard InChI is InChI=1S/C9H6FN3OS/c10-7-5(2-1-3-12-7)9-13-6(4-15-9)8(11)14/h1-4H,(H2,11,14). The lowest BCUT2D eigenvalue weighted by molar-refractivity contribution is 0.0996. The van der Waals surface area contributed by atoms with Crippen LogP contribution in [0.3, 0.4) is 0 Å². The van der Waals surface area contributed by atoms with Gasteiger partial charge in [0, 0.05) is 11.6 Å². The van der Waals surface area contributed by atoms with Crippen molar-refractivity contribution >= 4 is 17.2 Å². The minimum atomic E-state index is -0.623. The Labute approximate surface area is 88.6 Å². The molecule has 6 heteroatoms. The van der Waals surface area contributed by atoms with Crippen LogP contribution in [0.25, 0.3) is 10.6 Å². The van der Waals surface area contributed by atoms with E-state index in [0.29, 0.717) is 5.01 Å². The highest BCUT2D eigenvalue weighted by molar-refractivity contribution is 7.13. The van der Waals surface area contributed by atoms with E-state index in [1.165, 1.54) is 11.6 Å². The summed E-state index contributed by atoms with van der Waals surface area (Å²) in [6, 6.07) is 3.15. The van der Waals surface area contributed by atoms with Gasteiger partial charge in [-0.2, -0.15) is 4.39 Å². The number of carbonyl (C=O) groups excluding carboxylic acids is 1. The fourth-order valence-electron chi connectivity index (χ4n) is 1.06. The molecule has 0 radical (unpaired) electrons. The molecule has 0 aliphatic heterocycles. The van der Waals surface area contributed by atoms with Crippen LogP contribution in [0, 0.1) is 5.95 Å². The van der Waals surface area contributed by atoms with Crippen LogP contribution in [0.5, 0.6) is 0 Å². The summed E-state index contributed by atoms with van der Waals surface area (Å²) >= 11 is 1.15. The molecule has 0 aliphatic carbocycles. The normalized spacial score (nSPS) is 10.2. The van der Waals surface area contributed by atoms with E-state index < -0.39 is 11.9 Å². The topological polar surface area (TPSA) is 68.9 Å². The van der Waals surface area contributed by atoms with Gasteiger partial charge >= 0.3 is 0 Å². The molecule has 4 nitrogen and oxygen atoms in total. The first-order valence-electron chi connectivity index (χ1n) is 4.04. The van der Waals surface area contributed by atoms with Gasteiger partial charge < -0.3 is 5.73 Å². The molecule has 0 saturated heterocycles. The molecule has 76 valence electrons. The van der Waals surface area contributed by atoms with Gasteiger partial charge in [-0.1, -0.05) is 0 Å². The first kappa shape index (κ1) is 9.72. The molecule has 2 rings (SSSR count). The predicted molar refractivity (Wildman–Crippen MR) is 53.8 cm³/mol. The van der Waals surface area contributed by atoms with Crippen LogP contribution in [0.15, 0.2) is 23.7 Å². The van der Waals surface area contributed by atoms with Crippen molar-refractivity contribution in [2.24, 2.45) is 5.73 Å². The number of hydrogen-bond acceptors (Lipinski definition) is 4. The molecule has 0 spiro atoms. The van der Waals surface area contributed by atoms with Crippen molar-refractivity contribution in [3.63, 3.8) is 0 Å². The number of amides is 1. The van der Waals surface area contributed by atoms with E-state index in [9.17, 15) is 9.18 Å². The van der Waals surface area contributed by atoms with Crippen molar-refractivity contribution < 1.29 is 9.18 Å². The average Bonchev–Trinajstić information content (AvgIpc) is 2.67. The van der Waals surface area contributed by atoms with Gasteiger partial charge in [-0.15, -0.1) is 11.3 Å². The van der Waals surface area contributed by atoms with E-state index in [2.05, 4.69) is 9.97 Å². The summed E-state index contributed by atoms with van der Waals surface area (Å²) in [5.74, 6) is -1.23. The largest absolute Gasteiger partial charge is 0.364 e. The van der Waals surface area contributed by atoms with Crippen molar-refractivity contribution in [3.8, 4) is 10.6 Å². The van der Waals surface area contributed by atoms with Gasteiger partial charge in [0.2, 0.25) is 5.95 Å². The first-order valence-corrected chi connectivity index (χ1v) is 4.92. The van der Waals surface area contributed by atoms with Crippen LogP contribution in [0.4, 0.5) is 4.39 Å². The van der Waals surface area contributed by atoms with Crippen LogP contribution in [0.1, 0.15) is 10.5 Å². The number of nitrogens with two attached hydrogens (primary N) is 1. The molecule has 0 bridgehead atoms. The minimum absolute atomic E-state index is 0.137. The Morgan fingerprint density at radius 2 is 2.33 bits per heavy atom. The Morgan fingerprint density at radius 1 is 1.53 bits per heavy atom. The number of halogens is 1. The van der Waals surface area contributed by atoms with E-state index in [1.807, 2.05) is 0 Å². The van der Waals surface area contributed by atoms with Gasteiger partial charge in [0.25, 0.3) is 5.91 Å². The lowest BCUT2D eigenvalue weighted by Crippen LogP contribution is -2.11. The van der Waals surface area contributed by atoms with Crippen molar-refractivity contribution in [2.75, 3.05) is 0 Å². The van der Waals surface area contributed by atoms with Gasteiger partial charge in [-0.05, 0) is 12.1 Å². The minimum Gasteiger partial charge on any atom is -0.364 e. The number of carbonyl (C=O) groups is 1. The maximum atomic E-state index is 13.2. The fraction of sp³-hybridized carbons (Fsp3) is 0. The highest BCUT2D eigenvalue weighted by Gasteiger charge is 2.12. The number of hydrogen-bond donors (Lipinski definition) is 1. The van der Waals surface area contributed by atoms with Crippen LogP contribution >= 0.6 is 11.3 Å². The molecule has 0 fully saturated rings. The van der Waals surface area contributed by atoms with Crippen LogP contribution < -0.4 is 5.73 Å². The smallest absolute Gasteiger partial charge is 0.268 e. The molecule has 15 heavy (non-hydrogen) atoms. The zero-order valence-electron chi connectivity index (χ0n) is 7.48. The second kappa shape index (κ2) is 3.74. The lowest BCUT2D eigenvalue weighted by atomic mass is 10.3. The summed E-state index contributed by atoms with van der Waals surface area (Å²) in [7, 11) is 0. The molecule has 2 aromatic heterocycles. The Bertz CT molecular complexity index is 512. The second-order valence-electron chi connectivity index (χ2n) is 2.74. The van der Waals surface area contributed by atoms with Gasteiger partial charge in [0.05, 0.1) is 5.56 Å². The van der Waals surface area contributed by atoms with Gasteiger partial charge in [0.15, 0.2) is 0 Å². The third-order valence-electron chi connectivity index (χ3n) is 1.75. The summed E-state index contributed by atoms with van der Waals surface area (Å²) in [6.45, 7) is 0. The quantitative estimate of drug-likeness (QED) is 0.783. The molecule has 0 aromatic carbocycles. The maximum Gasteiger partial charge on any atom is 0.268 e. The average molecular weight is 223 g/mol. The number of rotatable bonds is 2. The Morgan fingerprint density at radius 3 is 2.93 bits per heavy atom. The lowest BCUT2D eigenvalue weighted by Gasteiger charge is -1.95. The third kappa shape index (κ3) is 1.84. The third-order valence-corrected chi connectivity index (χ3v) is 2.62. The number of aromatic nitrogens is 2. The molecule has 2 N–H and O–H groups in total. The van der Waals surface area contributed by atoms with Crippen LogP contribution in [0.2, 0.25) is 0 Å². The molecular formula is C9H6FN3OS. The number of pyridine rings is 1. The Kier molecular flexibility index (Phi) is 2.42. The number of nitrogens with zero attached hydrogens (tertiary/aromatic N) is 2. The highest BCUT2D eigenvalue weighted by atomic mass is 32.1. The van der Waals surface area contributed by atoms with Gasteiger partial charge in [-0.25, -0.2) is 9.97 Å². The zero-order valence-corrected chi connectivity index (χ0v) is 8.29. The molecule has 0 saturated carbocycles. The summed E-state index contributed by atoms with van der Waals surface area (Å²) < 4.78 is 13.2. The summed E-state index contributed by atoms with van der Waals surface area (Å²) in [5.41, 5.74) is 5.45. The van der Waals surface area contributed by atoms with E-state index in [1.54, 1.807) is 12.1 Å². The van der Waals surface area contributed by atoms with Crippen LogP contribution in [-0.4, -0.2) is 15.9 Å². The van der Waals surface area contributed by atoms with Crippen molar-refractivity contribution in [1.29, 1.82) is 0 Å². The molecule has 2 aromatic rings. The fourth-order valence-corrected chi connectivity index (χ4v) is 1.88. The summed E-state index contributed by atoms with van der Waals surface area (Å²) in [6.07, 6.45) is 1.35. The maximum absolute atomic E-state index is 13.2. The van der Waals surface area contributed by atoms with E-state index in [0.717, 1.165) is 11.3 Å². The van der Waals surface area contributed by atoms with Crippen molar-refractivity contribution in [1.82, 2.24) is 9.97 Å². The first-order chi connectivity index (χ1) is 7.18. The molecule has 0 unspecified atom stereocenters. The van der Waals surface area contributed by atoms with Gasteiger partial charge in [0.1, 0.15) is 10.7 Å². The molecule has 1 amide bonds. The highest BCUT2D eigenvalue weighted by Crippen LogP contribution is 2.24. The van der Waals surface area contributed by atoms with E-state index >= 15 is 0 Å². The molecular weight excluding hydrogens is 217 g/mol. The molecule has 0 atom stereocenters. The zero-order chi connectivity index (χ0) is 10.8. The van der Waals surface area contributed by atoms with Crippen LogP contribution in [-0.2, 0) is 0 Å². The summed E-state index contributed by atoms with van der Waals surface area (Å²) in [5, 5.41) is 1.89. The number of thiazole rings is 1. The molecule has 2 heterocycles. The second-order valence-corrected chi connectivity index (χ2v) is 3.60. The SMILES string of the molecule is NC(=O)c1csc(-c2cccnc2F)n1. The van der Waals surface area contributed by atoms with Crippen molar-refractivity contribution in [2.45, 2.75) is 0 Å². The molecule has 0 aliphatic rings. The van der Waals surface area contributed by atoms with E-state index in [-0.39, 0.29) is 11.3 Å². The van der Waals surface area contributed by atoms with Gasteiger partial charge in [-0.3, -0.25) is 4.79 Å².